The Labute approximate surface area is 151 Å². The second-order valence-corrected chi connectivity index (χ2v) is 6.03. The number of amides is 2. The van der Waals surface area contributed by atoms with Crippen molar-refractivity contribution in [1.82, 2.24) is 10.0 Å². The fraction of sp³-hybridized carbons (Fsp3) is 0.143. The van der Waals surface area contributed by atoms with Crippen LogP contribution in [0.15, 0.2) is 48.5 Å². The molecule has 0 saturated heterocycles. The highest BCUT2D eigenvalue weighted by atomic mass is 16.2. The lowest BCUT2D eigenvalue weighted by Gasteiger charge is -2.51. The molecule has 0 bridgehead atoms. The van der Waals surface area contributed by atoms with E-state index in [0.29, 0.717) is 11.1 Å². The van der Waals surface area contributed by atoms with Crippen LogP contribution in [0.25, 0.3) is 0 Å². The number of rotatable bonds is 2. The van der Waals surface area contributed by atoms with Gasteiger partial charge >= 0.3 is 0 Å². The molecule has 2 aliphatic rings. The third-order valence-electron chi connectivity index (χ3n) is 4.65. The van der Waals surface area contributed by atoms with Gasteiger partial charge in [-0.25, -0.2) is 10.0 Å². The Morgan fingerprint density at radius 2 is 1.50 bits per heavy atom. The van der Waals surface area contributed by atoms with E-state index >= 15 is 0 Å². The van der Waals surface area contributed by atoms with E-state index in [0.717, 1.165) is 11.3 Å². The zero-order valence-corrected chi connectivity index (χ0v) is 13.9. The van der Waals surface area contributed by atoms with Gasteiger partial charge in [-0.2, -0.15) is 0 Å². The van der Waals surface area contributed by atoms with Crippen LogP contribution in [-0.4, -0.2) is 34.9 Å². The van der Waals surface area contributed by atoms with Gasteiger partial charge in [0, 0.05) is 11.1 Å². The van der Waals surface area contributed by atoms with Crippen LogP contribution in [0.5, 0.6) is 0 Å². The van der Waals surface area contributed by atoms with Gasteiger partial charge in [0.25, 0.3) is 11.8 Å². The van der Waals surface area contributed by atoms with Crippen molar-refractivity contribution in [2.45, 2.75) is 6.17 Å². The number of hydrogen-bond acceptors (Lipinski definition) is 3. The van der Waals surface area contributed by atoms with Gasteiger partial charge in [-0.05, 0) is 18.2 Å². The van der Waals surface area contributed by atoms with Crippen molar-refractivity contribution in [3.8, 4) is 24.7 Å². The standard InChI is InChI=1S/C21H15N3O2/c1-3-13-22-18-12-8-7-11-17(18)21(26)24-19(22)15-9-5-6-10-16(15)20(25)23(24)14-4-2/h1-2,5-12,19H,13-14H2. The summed E-state index contributed by atoms with van der Waals surface area (Å²) in [7, 11) is 0. The Hall–Kier alpha value is -3.70. The van der Waals surface area contributed by atoms with Crippen molar-refractivity contribution in [2.24, 2.45) is 0 Å². The third kappa shape index (κ3) is 2.08. The number of carbonyl (C=O) groups excluding carboxylic acids is 2. The van der Waals surface area contributed by atoms with Gasteiger partial charge in [0.1, 0.15) is 6.54 Å². The summed E-state index contributed by atoms with van der Waals surface area (Å²) in [6, 6.07) is 14.5. The van der Waals surface area contributed by atoms with Gasteiger partial charge in [0.15, 0.2) is 6.17 Å². The van der Waals surface area contributed by atoms with E-state index in [1.807, 2.05) is 29.2 Å². The molecule has 2 aliphatic heterocycles. The molecule has 0 N–H and O–H groups in total. The van der Waals surface area contributed by atoms with Crippen LogP contribution in [0.3, 0.4) is 0 Å². The van der Waals surface area contributed by atoms with Crippen LogP contribution < -0.4 is 4.90 Å². The van der Waals surface area contributed by atoms with Crippen molar-refractivity contribution >= 4 is 17.5 Å². The Morgan fingerprint density at radius 3 is 2.23 bits per heavy atom. The maximum atomic E-state index is 13.2. The molecule has 4 rings (SSSR count). The molecule has 126 valence electrons. The Morgan fingerprint density at radius 1 is 0.846 bits per heavy atom. The second kappa shape index (κ2) is 5.98. The van der Waals surface area contributed by atoms with Crippen LogP contribution in [0.2, 0.25) is 0 Å². The maximum absolute atomic E-state index is 13.2. The molecule has 26 heavy (non-hydrogen) atoms. The zero-order chi connectivity index (χ0) is 18.3. The first-order valence-electron chi connectivity index (χ1n) is 8.16. The molecule has 0 radical (unpaired) electrons. The summed E-state index contributed by atoms with van der Waals surface area (Å²) >= 11 is 0. The van der Waals surface area contributed by atoms with Gasteiger partial charge < -0.3 is 4.90 Å². The summed E-state index contributed by atoms with van der Waals surface area (Å²) in [6.45, 7) is 0.291. The zero-order valence-electron chi connectivity index (χ0n) is 13.9. The average Bonchev–Trinajstić information content (AvgIpc) is 2.67. The number of fused-ring (bicyclic) bond motifs is 4. The number of para-hydroxylation sites is 1. The average molecular weight is 341 g/mol. The minimum Gasteiger partial charge on any atom is -0.334 e. The maximum Gasteiger partial charge on any atom is 0.276 e. The summed E-state index contributed by atoms with van der Waals surface area (Å²) in [6.07, 6.45) is 10.6. The molecule has 0 aliphatic carbocycles. The monoisotopic (exact) mass is 341 g/mol. The van der Waals surface area contributed by atoms with E-state index in [9.17, 15) is 9.59 Å². The molecule has 1 atom stereocenters. The van der Waals surface area contributed by atoms with E-state index in [1.165, 1.54) is 10.0 Å². The lowest BCUT2D eigenvalue weighted by molar-refractivity contribution is -0.0273. The van der Waals surface area contributed by atoms with E-state index in [-0.39, 0.29) is 24.9 Å². The molecule has 2 aromatic carbocycles. The highest BCUT2D eigenvalue weighted by Crippen LogP contribution is 2.43. The largest absolute Gasteiger partial charge is 0.334 e. The van der Waals surface area contributed by atoms with Gasteiger partial charge in [-0.1, -0.05) is 42.2 Å². The highest BCUT2D eigenvalue weighted by Gasteiger charge is 2.47. The van der Waals surface area contributed by atoms with Crippen LogP contribution >= 0.6 is 0 Å². The Balaban J connectivity index is 2.00. The van der Waals surface area contributed by atoms with E-state index in [2.05, 4.69) is 11.8 Å². The highest BCUT2D eigenvalue weighted by molar-refractivity contribution is 6.06. The SMILES string of the molecule is C#CCN1c2ccccc2C(=O)N2C1c1ccccc1C(=O)N2CC#C. The lowest BCUT2D eigenvalue weighted by Crippen LogP contribution is -2.61. The van der Waals surface area contributed by atoms with Gasteiger partial charge in [0.2, 0.25) is 0 Å². The summed E-state index contributed by atoms with van der Waals surface area (Å²) < 4.78 is 0. The molecule has 1 unspecified atom stereocenters. The molecular formula is C21H15N3O2. The predicted molar refractivity (Wildman–Crippen MR) is 97.8 cm³/mol. The van der Waals surface area contributed by atoms with Crippen LogP contribution in [0.4, 0.5) is 5.69 Å². The summed E-state index contributed by atoms with van der Waals surface area (Å²) in [5.74, 6) is 4.58. The van der Waals surface area contributed by atoms with Crippen molar-refractivity contribution < 1.29 is 9.59 Å². The van der Waals surface area contributed by atoms with Gasteiger partial charge in [-0.3, -0.25) is 9.59 Å². The number of carbonyl (C=O) groups is 2. The number of anilines is 1. The first-order chi connectivity index (χ1) is 12.7. The molecule has 0 spiro atoms. The molecule has 5 nitrogen and oxygen atoms in total. The first-order valence-corrected chi connectivity index (χ1v) is 8.16. The van der Waals surface area contributed by atoms with E-state index in [4.69, 9.17) is 12.8 Å². The molecule has 0 fully saturated rings. The van der Waals surface area contributed by atoms with Crippen molar-refractivity contribution in [3.05, 3.63) is 65.2 Å². The number of terminal acetylenes is 2. The van der Waals surface area contributed by atoms with Crippen molar-refractivity contribution in [1.29, 1.82) is 0 Å². The molecule has 2 aromatic rings. The van der Waals surface area contributed by atoms with Crippen LogP contribution in [-0.2, 0) is 0 Å². The topological polar surface area (TPSA) is 43.9 Å². The van der Waals surface area contributed by atoms with Crippen LogP contribution in [0.1, 0.15) is 32.4 Å². The van der Waals surface area contributed by atoms with Crippen molar-refractivity contribution in [3.63, 3.8) is 0 Å². The molecule has 5 heteroatoms. The van der Waals surface area contributed by atoms with Crippen LogP contribution in [0, 0.1) is 24.7 Å². The quantitative estimate of drug-likeness (QED) is 0.787. The third-order valence-corrected chi connectivity index (χ3v) is 4.65. The molecule has 2 heterocycles. The predicted octanol–water partition coefficient (Wildman–Crippen LogP) is 2.28. The van der Waals surface area contributed by atoms with Gasteiger partial charge in [-0.15, -0.1) is 12.8 Å². The van der Waals surface area contributed by atoms with E-state index < -0.39 is 6.17 Å². The summed E-state index contributed by atoms with van der Waals surface area (Å²) in [4.78, 5) is 28.1. The van der Waals surface area contributed by atoms with Crippen molar-refractivity contribution in [2.75, 3.05) is 18.0 Å². The fourth-order valence-electron chi connectivity index (χ4n) is 3.60. The second-order valence-electron chi connectivity index (χ2n) is 6.03. The molecular weight excluding hydrogens is 326 g/mol. The van der Waals surface area contributed by atoms with E-state index in [1.54, 1.807) is 24.3 Å². The Kier molecular flexibility index (Phi) is 3.64. The number of benzene rings is 2. The molecule has 0 aromatic heterocycles. The summed E-state index contributed by atoms with van der Waals surface area (Å²) in [5.41, 5.74) is 2.51. The summed E-state index contributed by atoms with van der Waals surface area (Å²) in [5, 5.41) is 2.76. The fourth-order valence-corrected chi connectivity index (χ4v) is 3.60. The number of nitrogens with zero attached hydrogens (tertiary/aromatic N) is 3. The number of hydrogen-bond donors (Lipinski definition) is 0. The number of hydrazine groups is 1. The molecule has 0 saturated carbocycles. The lowest BCUT2D eigenvalue weighted by atomic mass is 9.95. The van der Waals surface area contributed by atoms with Gasteiger partial charge in [0.05, 0.1) is 17.8 Å². The minimum atomic E-state index is -0.518. The Bertz CT molecular complexity index is 999. The minimum absolute atomic E-state index is 0.00146. The molecule has 2 amide bonds. The normalized spacial score (nSPS) is 17.8. The smallest absolute Gasteiger partial charge is 0.276 e. The first kappa shape index (κ1) is 15.8.